The number of ether oxygens (including phenoxy) is 3. The molecule has 0 radical (unpaired) electrons. The lowest BCUT2D eigenvalue weighted by atomic mass is 9.79. The maximum absolute atomic E-state index is 13.4. The van der Waals surface area contributed by atoms with Crippen LogP contribution in [0, 0.1) is 16.7 Å². The molecule has 10 nitrogen and oxygen atoms in total. The van der Waals surface area contributed by atoms with Crippen LogP contribution in [0.3, 0.4) is 0 Å². The number of H-pyrrole nitrogens is 1. The lowest BCUT2D eigenvalue weighted by Gasteiger charge is -2.36. The van der Waals surface area contributed by atoms with Crippen LogP contribution in [0.25, 0.3) is 6.08 Å². The molecule has 3 N–H and O–H groups in total. The number of fused-ring (bicyclic) bond motifs is 5. The number of aliphatic hydroxyl groups excluding tert-OH is 2. The van der Waals surface area contributed by atoms with Crippen molar-refractivity contribution in [2.45, 2.75) is 91.3 Å². The molecule has 2 aromatic rings. The first kappa shape index (κ1) is 43.1. The second kappa shape index (κ2) is 20.3. The molecule has 3 heterocycles. The van der Waals surface area contributed by atoms with Crippen LogP contribution in [0.1, 0.15) is 86.2 Å². The summed E-state index contributed by atoms with van der Waals surface area (Å²) >= 11 is 1.36. The number of allylic oxidation sites excluding steroid dienone is 12. The van der Waals surface area contributed by atoms with E-state index in [4.69, 9.17) is 14.2 Å². The third-order valence-corrected chi connectivity index (χ3v) is 10.7. The first-order chi connectivity index (χ1) is 26.3. The summed E-state index contributed by atoms with van der Waals surface area (Å²) in [6.07, 6.45) is 31.3. The largest absolute Gasteiger partial charge is 0.457 e. The Morgan fingerprint density at radius 2 is 1.51 bits per heavy atom. The highest BCUT2D eigenvalue weighted by atomic mass is 32.1. The van der Waals surface area contributed by atoms with Crippen molar-refractivity contribution in [3.63, 3.8) is 0 Å². The minimum Gasteiger partial charge on any atom is -0.457 e. The van der Waals surface area contributed by atoms with Crippen LogP contribution in [-0.4, -0.2) is 74.7 Å². The molecular formula is C44H55N3O7S. The van der Waals surface area contributed by atoms with E-state index in [1.54, 1.807) is 42.9 Å². The molecule has 0 fully saturated rings. The van der Waals surface area contributed by atoms with Gasteiger partial charge in [-0.05, 0) is 25.5 Å². The second-order valence-corrected chi connectivity index (χ2v) is 15.6. The van der Waals surface area contributed by atoms with Crippen LogP contribution in [0.4, 0.5) is 0 Å². The smallest absolute Gasteiger partial charge is 0.358 e. The number of cyclic esters (lactones) is 2. The van der Waals surface area contributed by atoms with Crippen LogP contribution in [0.15, 0.2) is 114 Å². The first-order valence-corrected chi connectivity index (χ1v) is 19.5. The number of aromatic nitrogens is 3. The molecule has 0 saturated carbocycles. The second-order valence-electron chi connectivity index (χ2n) is 14.7. The molecular weight excluding hydrogens is 715 g/mol. The quantitative estimate of drug-likeness (QED) is 0.187. The number of nitrogens with one attached hydrogen (secondary N) is 1. The molecule has 0 unspecified atom stereocenters. The van der Waals surface area contributed by atoms with E-state index in [1.807, 2.05) is 108 Å². The van der Waals surface area contributed by atoms with Gasteiger partial charge in [0.05, 0.1) is 29.5 Å². The highest BCUT2D eigenvalue weighted by molar-refractivity contribution is 7.09. The number of aliphatic hydroxyl groups is 2. The van der Waals surface area contributed by atoms with Gasteiger partial charge in [-0.15, -0.1) is 11.3 Å². The van der Waals surface area contributed by atoms with Crippen molar-refractivity contribution in [1.29, 1.82) is 0 Å². The van der Waals surface area contributed by atoms with E-state index in [2.05, 4.69) is 21.0 Å². The van der Waals surface area contributed by atoms with E-state index >= 15 is 0 Å². The SMILES string of the molecule is C/C=C/[C@H](O)C(C)(C)[C@@H]1C/C=C\C2=C[C@H]2/C=C/C=C\c2ncc([nH]2)C(=O)O[C@H](C(C)(C)[C@@H](O)/C=C/C)C\C=C/C=C\C=C\[C@H](OC)Cc2nc(cs2)C(=O)O1. The van der Waals surface area contributed by atoms with Gasteiger partial charge in [-0.1, -0.05) is 125 Å². The molecule has 0 aromatic carbocycles. The van der Waals surface area contributed by atoms with Crippen molar-refractivity contribution >= 4 is 29.4 Å². The van der Waals surface area contributed by atoms with Crippen molar-refractivity contribution in [3.05, 3.63) is 137 Å². The third kappa shape index (κ3) is 12.4. The van der Waals surface area contributed by atoms with Crippen molar-refractivity contribution in [2.75, 3.05) is 7.11 Å². The van der Waals surface area contributed by atoms with E-state index in [1.165, 1.54) is 17.5 Å². The van der Waals surface area contributed by atoms with E-state index in [0.29, 0.717) is 25.1 Å². The molecule has 1 aliphatic heterocycles. The molecule has 6 atom stereocenters. The van der Waals surface area contributed by atoms with Gasteiger partial charge in [0, 0.05) is 48.5 Å². The predicted octanol–water partition coefficient (Wildman–Crippen LogP) is 8.25. The molecule has 55 heavy (non-hydrogen) atoms. The summed E-state index contributed by atoms with van der Waals surface area (Å²) in [7, 11) is 1.62. The van der Waals surface area contributed by atoms with Gasteiger partial charge in [-0.2, -0.15) is 0 Å². The molecule has 2 aromatic heterocycles. The number of thiazole rings is 1. The number of hydrogen-bond donors (Lipinski definition) is 3. The van der Waals surface area contributed by atoms with Gasteiger partial charge < -0.3 is 29.4 Å². The van der Waals surface area contributed by atoms with Gasteiger partial charge in [0.25, 0.3) is 0 Å². The van der Waals surface area contributed by atoms with Gasteiger partial charge in [-0.3, -0.25) is 0 Å². The topological polar surface area (TPSA) is 144 Å². The maximum atomic E-state index is 13.4. The fourth-order valence-electron chi connectivity index (χ4n) is 5.80. The van der Waals surface area contributed by atoms with Crippen molar-refractivity contribution in [1.82, 2.24) is 15.0 Å². The zero-order valence-electron chi connectivity index (χ0n) is 32.8. The zero-order valence-corrected chi connectivity index (χ0v) is 33.6. The van der Waals surface area contributed by atoms with Crippen LogP contribution < -0.4 is 0 Å². The standard InChI is InChI=1S/C44H55N3O7S/c1-8-18-35(48)43(3,4)37-23-14-12-10-11-13-22-32(52-7)27-40-47-34(29-55-40)42(51)54-38(44(5,6)36(49)19-9-2)24-17-21-31-26-30(31)20-15-16-25-39-45-28-33(46-39)41(50)53-37/h8-22,25-26,28-30,32,35-38,48-49H,23-24,27H2,1-7H3,(H,45,46)/b11-10-,14-12-,18-8+,19-9+,20-15+,21-17-,22-13+,25-16-/t30-,32+,35+,36+,37+,38+/m1/s1. The van der Waals surface area contributed by atoms with Gasteiger partial charge in [-0.25, -0.2) is 19.6 Å². The Balaban J connectivity index is 1.58. The average molecular weight is 770 g/mol. The molecule has 4 rings (SSSR count). The maximum Gasteiger partial charge on any atom is 0.358 e. The van der Waals surface area contributed by atoms with Crippen LogP contribution in [-0.2, 0) is 20.6 Å². The molecule has 0 saturated heterocycles. The minimum atomic E-state index is -0.842. The van der Waals surface area contributed by atoms with Gasteiger partial charge in [0.15, 0.2) is 5.69 Å². The molecule has 294 valence electrons. The summed E-state index contributed by atoms with van der Waals surface area (Å²) in [5.41, 5.74) is -0.0262. The molecule has 11 heteroatoms. The van der Waals surface area contributed by atoms with Gasteiger partial charge >= 0.3 is 11.9 Å². The molecule has 0 spiro atoms. The number of methoxy groups -OCH3 is 1. The third-order valence-electron chi connectivity index (χ3n) is 9.82. The number of rotatable bonds is 7. The van der Waals surface area contributed by atoms with Gasteiger partial charge in [0.1, 0.15) is 23.7 Å². The van der Waals surface area contributed by atoms with Crippen LogP contribution in [0.5, 0.6) is 0 Å². The Hall–Kier alpha value is -4.68. The van der Waals surface area contributed by atoms with E-state index < -0.39 is 47.2 Å². The summed E-state index contributed by atoms with van der Waals surface area (Å²) in [4.78, 5) is 38.6. The number of imidazole rings is 1. The Bertz CT molecular complexity index is 1870. The van der Waals surface area contributed by atoms with Gasteiger partial charge in [0.2, 0.25) is 0 Å². The summed E-state index contributed by atoms with van der Waals surface area (Å²) in [5, 5.41) is 24.3. The number of nitrogens with zero attached hydrogens (tertiary/aromatic N) is 2. The van der Waals surface area contributed by atoms with Crippen LogP contribution in [0.2, 0.25) is 0 Å². The first-order valence-electron chi connectivity index (χ1n) is 18.6. The summed E-state index contributed by atoms with van der Waals surface area (Å²) in [6.45, 7) is 11.2. The lowest BCUT2D eigenvalue weighted by molar-refractivity contribution is -0.0461. The van der Waals surface area contributed by atoms with Crippen molar-refractivity contribution in [3.8, 4) is 0 Å². The lowest BCUT2D eigenvalue weighted by Crippen LogP contribution is -2.42. The number of carbonyl (C=O) groups is 2. The summed E-state index contributed by atoms with van der Waals surface area (Å²) in [6, 6.07) is 0. The Labute approximate surface area is 329 Å². The van der Waals surface area contributed by atoms with E-state index in [-0.39, 0.29) is 23.4 Å². The highest BCUT2D eigenvalue weighted by Crippen LogP contribution is 2.35. The molecule has 1 aliphatic carbocycles. The van der Waals surface area contributed by atoms with Crippen molar-refractivity contribution < 1.29 is 34.0 Å². The number of carbonyl (C=O) groups excluding carboxylic acids is 2. The van der Waals surface area contributed by atoms with Crippen molar-refractivity contribution in [2.24, 2.45) is 16.7 Å². The Kier molecular flexibility index (Phi) is 15.9. The number of hydrogen-bond acceptors (Lipinski definition) is 10. The monoisotopic (exact) mass is 769 g/mol. The Morgan fingerprint density at radius 3 is 2.18 bits per heavy atom. The van der Waals surface area contributed by atoms with E-state index in [9.17, 15) is 19.8 Å². The minimum absolute atomic E-state index is 0.160. The predicted molar refractivity (Wildman–Crippen MR) is 218 cm³/mol. The number of esters is 2. The fourth-order valence-corrected chi connectivity index (χ4v) is 6.61. The Morgan fingerprint density at radius 1 is 0.873 bits per heavy atom. The zero-order chi connectivity index (χ0) is 40.0. The molecule has 4 bridgehead atoms. The van der Waals surface area contributed by atoms with E-state index in [0.717, 1.165) is 10.6 Å². The molecule has 0 amide bonds. The summed E-state index contributed by atoms with van der Waals surface area (Å²) < 4.78 is 17.7. The molecule has 2 aliphatic rings. The average Bonchev–Trinajstić information content (AvgIpc) is 3.47. The highest BCUT2D eigenvalue weighted by Gasteiger charge is 2.39. The van der Waals surface area contributed by atoms with Crippen LogP contribution >= 0.6 is 11.3 Å². The normalized spacial score (nSPS) is 26.8. The fraction of sp³-hybridized carbons (Fsp3) is 0.409. The summed E-state index contributed by atoms with van der Waals surface area (Å²) in [5.74, 6) is -0.448. The number of aromatic amines is 1.